The van der Waals surface area contributed by atoms with E-state index in [4.69, 9.17) is 16.5 Å². The lowest BCUT2D eigenvalue weighted by molar-refractivity contribution is 0.197. The summed E-state index contributed by atoms with van der Waals surface area (Å²) in [5, 5.41) is 21.8. The number of hydrogen-bond acceptors (Lipinski definition) is 10. The van der Waals surface area contributed by atoms with Crippen molar-refractivity contribution < 1.29 is 4.79 Å². The van der Waals surface area contributed by atoms with Crippen LogP contribution in [0.25, 0.3) is 66.4 Å². The summed E-state index contributed by atoms with van der Waals surface area (Å²) in [4.78, 5) is 38.7. The molecule has 0 saturated heterocycles. The van der Waals surface area contributed by atoms with Gasteiger partial charge >= 0.3 is 6.03 Å². The van der Waals surface area contributed by atoms with Crippen LogP contribution in [-0.2, 0) is 13.1 Å². The number of anilines is 2. The summed E-state index contributed by atoms with van der Waals surface area (Å²) in [5.74, 6) is 2.37. The fourth-order valence-electron chi connectivity index (χ4n) is 5.97. The average Bonchev–Trinajstić information content (AvgIpc) is 3.97. The molecule has 8 rings (SSSR count). The van der Waals surface area contributed by atoms with Crippen molar-refractivity contribution in [2.45, 2.75) is 33.9 Å². The van der Waals surface area contributed by atoms with Gasteiger partial charge in [0.1, 0.15) is 45.4 Å². The fraction of sp³-hybridized carbons (Fsp3) is 0.229. The molecule has 0 saturated carbocycles. The van der Waals surface area contributed by atoms with E-state index in [0.29, 0.717) is 49.2 Å². The number of urea groups is 1. The van der Waals surface area contributed by atoms with Gasteiger partial charge in [-0.05, 0) is 56.8 Å². The summed E-state index contributed by atoms with van der Waals surface area (Å²) >= 11 is 0. The summed E-state index contributed by atoms with van der Waals surface area (Å²) in [6.45, 7) is 8.97. The molecule has 0 fully saturated rings. The number of aromatic amines is 4. The molecule has 0 aliphatic carbocycles. The van der Waals surface area contributed by atoms with Crippen LogP contribution in [0.4, 0.5) is 16.4 Å². The predicted molar refractivity (Wildman–Crippen MR) is 199 cm³/mol. The molecule has 0 bridgehead atoms. The second kappa shape index (κ2) is 14.1. The first-order chi connectivity index (χ1) is 24.9. The Morgan fingerprint density at radius 2 is 1.27 bits per heavy atom. The minimum absolute atomic E-state index is 0.120. The molecule has 0 radical (unpaired) electrons. The van der Waals surface area contributed by atoms with Gasteiger partial charge in [0.2, 0.25) is 0 Å². The second-order valence-electron chi connectivity index (χ2n) is 11.8. The largest absolute Gasteiger partial charge is 0.382 e. The highest BCUT2D eigenvalue weighted by Crippen LogP contribution is 2.31. The topological polar surface area (TPSA) is 237 Å². The van der Waals surface area contributed by atoms with Gasteiger partial charge in [-0.15, -0.1) is 0 Å². The number of amides is 2. The summed E-state index contributed by atoms with van der Waals surface area (Å²) in [7, 11) is 0. The Labute approximate surface area is 291 Å². The number of pyridine rings is 2. The van der Waals surface area contributed by atoms with Crippen LogP contribution in [-0.4, -0.2) is 80.9 Å². The minimum atomic E-state index is -0.120. The van der Waals surface area contributed by atoms with Gasteiger partial charge in [0.15, 0.2) is 0 Å². The first-order valence-corrected chi connectivity index (χ1v) is 16.7. The molecule has 2 amide bonds. The number of nitrogens with two attached hydrogens (primary N) is 2. The van der Waals surface area contributed by atoms with E-state index in [0.717, 1.165) is 73.2 Å². The summed E-state index contributed by atoms with van der Waals surface area (Å²) < 4.78 is 0. The van der Waals surface area contributed by atoms with Crippen LogP contribution >= 0.6 is 0 Å². The van der Waals surface area contributed by atoms with Crippen LogP contribution < -0.4 is 22.1 Å². The molecule has 8 aromatic rings. The maximum Gasteiger partial charge on any atom is 0.317 e. The van der Waals surface area contributed by atoms with E-state index in [2.05, 4.69) is 62.9 Å². The highest BCUT2D eigenvalue weighted by atomic mass is 16.2. The smallest absolute Gasteiger partial charge is 0.317 e. The molecule has 260 valence electrons. The van der Waals surface area contributed by atoms with E-state index in [1.54, 1.807) is 17.3 Å². The first kappa shape index (κ1) is 33.0. The number of H-pyrrole nitrogens is 4. The number of benzene rings is 2. The standard InChI is InChI=1S/C19H22N8O.C16H17N7/c1-3-21-19(28)27(4-2)10-15-24-16-12-6-5-11(13-7-8-22-26-13)9-14(12)23-18(20)17(16)25-15;1-2-18-8-13-21-14-10-4-3-9(11-5-6-19-23-11)7-12(10)20-16(17)15(14)22-13/h5-9H,3-4,10H2,1-2H3,(H2,20,23)(H,21,28)(H,22,26)(H,24,25);3-7,18H,2,8H2,1H3,(H2,17,20)(H,19,23)(H,21,22). The zero-order valence-corrected chi connectivity index (χ0v) is 28.5. The first-order valence-electron chi connectivity index (χ1n) is 16.7. The van der Waals surface area contributed by atoms with Crippen molar-refractivity contribution in [2.24, 2.45) is 0 Å². The Balaban J connectivity index is 0.000000162. The molecular formula is C35H39N15O. The molecule has 0 unspecified atom stereocenters. The van der Waals surface area contributed by atoms with Gasteiger partial charge in [0.05, 0.1) is 35.5 Å². The van der Waals surface area contributed by atoms with Gasteiger partial charge in [-0.3, -0.25) is 10.2 Å². The van der Waals surface area contributed by atoms with Crippen LogP contribution in [0.2, 0.25) is 0 Å². The molecule has 6 heterocycles. The molecular weight excluding hydrogens is 646 g/mol. The lowest BCUT2D eigenvalue weighted by Gasteiger charge is -2.19. The molecule has 0 atom stereocenters. The van der Waals surface area contributed by atoms with E-state index in [9.17, 15) is 4.79 Å². The number of rotatable bonds is 9. The van der Waals surface area contributed by atoms with Crippen molar-refractivity contribution in [3.8, 4) is 22.5 Å². The van der Waals surface area contributed by atoms with Gasteiger partial charge in [-0.25, -0.2) is 24.7 Å². The average molecular weight is 686 g/mol. The van der Waals surface area contributed by atoms with Crippen molar-refractivity contribution in [1.82, 2.24) is 65.8 Å². The maximum absolute atomic E-state index is 12.2. The third-order valence-electron chi connectivity index (χ3n) is 8.51. The van der Waals surface area contributed by atoms with E-state index in [1.807, 2.05) is 62.4 Å². The Bertz CT molecular complexity index is 2450. The highest BCUT2D eigenvalue weighted by Gasteiger charge is 2.17. The lowest BCUT2D eigenvalue weighted by Crippen LogP contribution is -2.39. The summed E-state index contributed by atoms with van der Waals surface area (Å²) in [5.41, 5.74) is 20.8. The van der Waals surface area contributed by atoms with Crippen LogP contribution in [0.5, 0.6) is 0 Å². The van der Waals surface area contributed by atoms with Crippen LogP contribution in [0.3, 0.4) is 0 Å². The van der Waals surface area contributed by atoms with Crippen LogP contribution in [0, 0.1) is 0 Å². The Morgan fingerprint density at radius 1 is 0.725 bits per heavy atom. The number of nitrogen functional groups attached to an aromatic ring is 2. The zero-order valence-electron chi connectivity index (χ0n) is 28.5. The third kappa shape index (κ3) is 6.59. The minimum Gasteiger partial charge on any atom is -0.382 e. The molecule has 10 N–H and O–H groups in total. The van der Waals surface area contributed by atoms with Crippen molar-refractivity contribution in [3.05, 3.63) is 72.6 Å². The fourth-order valence-corrected chi connectivity index (χ4v) is 5.97. The second-order valence-corrected chi connectivity index (χ2v) is 11.8. The number of carbonyl (C=O) groups excluding carboxylic acids is 1. The number of fused-ring (bicyclic) bond motifs is 6. The summed E-state index contributed by atoms with van der Waals surface area (Å²) in [6.07, 6.45) is 3.43. The number of hydrogen-bond donors (Lipinski definition) is 8. The normalized spacial score (nSPS) is 11.4. The third-order valence-corrected chi connectivity index (χ3v) is 8.51. The molecule has 0 aliphatic heterocycles. The van der Waals surface area contributed by atoms with Gasteiger partial charge in [-0.1, -0.05) is 19.1 Å². The van der Waals surface area contributed by atoms with Crippen molar-refractivity contribution in [2.75, 3.05) is 31.1 Å². The molecule has 51 heavy (non-hydrogen) atoms. The number of imidazole rings is 2. The SMILES string of the molecule is CCNC(=O)N(CC)Cc1nc2c([nH]1)c(N)nc1cc(-c3ccn[nH]3)ccc12.CCNCc1nc2c([nH]1)c(N)nc1cc(-c3ccn[nH]3)ccc12. The molecule has 0 aliphatic rings. The predicted octanol–water partition coefficient (Wildman–Crippen LogP) is 4.83. The number of nitrogens with zero attached hydrogens (tertiary/aromatic N) is 7. The maximum atomic E-state index is 12.2. The number of carbonyl (C=O) groups is 1. The van der Waals surface area contributed by atoms with E-state index in [-0.39, 0.29) is 6.03 Å². The van der Waals surface area contributed by atoms with Crippen molar-refractivity contribution >= 4 is 61.5 Å². The summed E-state index contributed by atoms with van der Waals surface area (Å²) in [6, 6.07) is 15.7. The van der Waals surface area contributed by atoms with Gasteiger partial charge < -0.3 is 37.0 Å². The lowest BCUT2D eigenvalue weighted by atomic mass is 10.1. The van der Waals surface area contributed by atoms with Crippen LogP contribution in [0.1, 0.15) is 32.4 Å². The molecule has 16 nitrogen and oxygen atoms in total. The Kier molecular flexibility index (Phi) is 9.13. The van der Waals surface area contributed by atoms with Gasteiger partial charge in [0.25, 0.3) is 0 Å². The Hall–Kier alpha value is -6.55. The zero-order chi connectivity index (χ0) is 35.5. The van der Waals surface area contributed by atoms with Gasteiger partial charge in [-0.2, -0.15) is 10.2 Å². The van der Waals surface area contributed by atoms with E-state index < -0.39 is 0 Å². The van der Waals surface area contributed by atoms with Crippen molar-refractivity contribution in [1.29, 1.82) is 0 Å². The molecule has 0 spiro atoms. The quantitative estimate of drug-likeness (QED) is 0.103. The van der Waals surface area contributed by atoms with E-state index in [1.165, 1.54) is 0 Å². The molecule has 2 aromatic carbocycles. The van der Waals surface area contributed by atoms with Crippen molar-refractivity contribution in [3.63, 3.8) is 0 Å². The van der Waals surface area contributed by atoms with Gasteiger partial charge in [0, 0.05) is 47.4 Å². The van der Waals surface area contributed by atoms with E-state index >= 15 is 0 Å². The Morgan fingerprint density at radius 3 is 1.76 bits per heavy atom. The number of aromatic nitrogens is 10. The number of nitrogens with one attached hydrogen (secondary N) is 6. The monoisotopic (exact) mass is 685 g/mol. The molecule has 16 heteroatoms. The molecule has 6 aromatic heterocycles. The highest BCUT2D eigenvalue weighted by molar-refractivity contribution is 6.08. The van der Waals surface area contributed by atoms with Crippen LogP contribution in [0.15, 0.2) is 60.9 Å².